The van der Waals surface area contributed by atoms with Gasteiger partial charge in [0.15, 0.2) is 21.6 Å². The maximum atomic E-state index is 12.7. The standard InChI is InChI=1S/C21H22N2O4S2/c1-25-16-7-5-14(11-18(16)26-2)20(24)17-8-6-15(27-17)12-28-21-22-19(13-29-21)23-9-3-4-10-23/h5-8,11,13H,3-4,9-10,12H2,1-2H3. The van der Waals surface area contributed by atoms with Crippen molar-refractivity contribution in [3.05, 3.63) is 52.8 Å². The molecule has 0 atom stereocenters. The van der Waals surface area contributed by atoms with Crippen molar-refractivity contribution in [1.29, 1.82) is 0 Å². The van der Waals surface area contributed by atoms with Crippen molar-refractivity contribution < 1.29 is 18.7 Å². The first-order valence-electron chi connectivity index (χ1n) is 9.36. The second kappa shape index (κ2) is 8.92. The predicted octanol–water partition coefficient (Wildman–Crippen LogP) is 4.88. The largest absolute Gasteiger partial charge is 0.493 e. The normalized spacial score (nSPS) is 13.7. The summed E-state index contributed by atoms with van der Waals surface area (Å²) in [5.41, 5.74) is 0.492. The molecule has 3 heterocycles. The first kappa shape index (κ1) is 19.8. The van der Waals surface area contributed by atoms with Crippen molar-refractivity contribution in [2.45, 2.75) is 22.9 Å². The van der Waals surface area contributed by atoms with E-state index < -0.39 is 0 Å². The molecule has 1 saturated heterocycles. The number of hydrogen-bond donors (Lipinski definition) is 0. The Labute approximate surface area is 177 Å². The topological polar surface area (TPSA) is 64.8 Å². The van der Waals surface area contributed by atoms with Gasteiger partial charge in [-0.25, -0.2) is 4.98 Å². The van der Waals surface area contributed by atoms with Gasteiger partial charge in [-0.15, -0.1) is 11.3 Å². The number of hydrogen-bond acceptors (Lipinski definition) is 8. The van der Waals surface area contributed by atoms with Gasteiger partial charge in [-0.2, -0.15) is 0 Å². The Hall–Kier alpha value is -2.45. The number of aromatic nitrogens is 1. The van der Waals surface area contributed by atoms with Crippen LogP contribution in [0.3, 0.4) is 0 Å². The highest BCUT2D eigenvalue weighted by atomic mass is 32.2. The van der Waals surface area contributed by atoms with Gasteiger partial charge in [-0.3, -0.25) is 4.79 Å². The molecule has 1 fully saturated rings. The molecule has 0 radical (unpaired) electrons. The Morgan fingerprint density at radius 2 is 1.97 bits per heavy atom. The number of rotatable bonds is 8. The smallest absolute Gasteiger partial charge is 0.228 e. The van der Waals surface area contributed by atoms with Gasteiger partial charge in [0.1, 0.15) is 11.6 Å². The monoisotopic (exact) mass is 430 g/mol. The lowest BCUT2D eigenvalue weighted by molar-refractivity contribution is 0.101. The third-order valence-corrected chi connectivity index (χ3v) is 6.80. The molecule has 1 aliphatic rings. The van der Waals surface area contributed by atoms with Crippen molar-refractivity contribution in [1.82, 2.24) is 4.98 Å². The number of ketones is 1. The maximum Gasteiger partial charge on any atom is 0.228 e. The molecule has 2 aromatic heterocycles. The number of thioether (sulfide) groups is 1. The molecule has 152 valence electrons. The van der Waals surface area contributed by atoms with Gasteiger partial charge in [-0.1, -0.05) is 11.8 Å². The fourth-order valence-electron chi connectivity index (χ4n) is 3.24. The summed E-state index contributed by atoms with van der Waals surface area (Å²) < 4.78 is 17.3. The van der Waals surface area contributed by atoms with Crippen LogP contribution in [0, 0.1) is 0 Å². The summed E-state index contributed by atoms with van der Waals surface area (Å²) in [7, 11) is 3.11. The number of thiazole rings is 1. The van der Waals surface area contributed by atoms with Crippen molar-refractivity contribution >= 4 is 34.7 Å². The van der Waals surface area contributed by atoms with Crippen LogP contribution in [-0.2, 0) is 5.75 Å². The number of ether oxygens (including phenoxy) is 2. The molecular weight excluding hydrogens is 408 g/mol. The van der Waals surface area contributed by atoms with E-state index in [1.807, 2.05) is 6.07 Å². The second-order valence-electron chi connectivity index (χ2n) is 6.62. The Balaban J connectivity index is 1.40. The molecule has 1 aromatic carbocycles. The van der Waals surface area contributed by atoms with E-state index in [9.17, 15) is 4.79 Å². The Morgan fingerprint density at radius 3 is 2.72 bits per heavy atom. The average Bonchev–Trinajstić information content (AvgIpc) is 3.52. The lowest BCUT2D eigenvalue weighted by Gasteiger charge is -2.12. The number of methoxy groups -OCH3 is 2. The van der Waals surface area contributed by atoms with Crippen molar-refractivity contribution in [2.24, 2.45) is 0 Å². The molecule has 29 heavy (non-hydrogen) atoms. The third-order valence-electron chi connectivity index (χ3n) is 4.77. The van der Waals surface area contributed by atoms with Gasteiger partial charge in [0.2, 0.25) is 5.78 Å². The summed E-state index contributed by atoms with van der Waals surface area (Å²) >= 11 is 3.27. The number of carbonyl (C=O) groups excluding carboxylic acids is 1. The van der Waals surface area contributed by atoms with Crippen molar-refractivity contribution in [3.8, 4) is 11.5 Å². The fourth-order valence-corrected chi connectivity index (χ4v) is 4.96. The lowest BCUT2D eigenvalue weighted by atomic mass is 10.1. The third kappa shape index (κ3) is 4.43. The first-order chi connectivity index (χ1) is 14.2. The summed E-state index contributed by atoms with van der Waals surface area (Å²) in [6.07, 6.45) is 2.48. The maximum absolute atomic E-state index is 12.7. The summed E-state index contributed by atoms with van der Waals surface area (Å²) in [5, 5.41) is 2.11. The van der Waals surface area contributed by atoms with E-state index in [0.717, 1.165) is 29.0 Å². The number of nitrogens with zero attached hydrogens (tertiary/aromatic N) is 2. The van der Waals surface area contributed by atoms with E-state index >= 15 is 0 Å². The van der Waals surface area contributed by atoms with Crippen molar-refractivity contribution in [2.75, 3.05) is 32.2 Å². The molecule has 0 saturated carbocycles. The molecule has 6 nitrogen and oxygen atoms in total. The van der Waals surface area contributed by atoms with E-state index in [-0.39, 0.29) is 5.78 Å². The van der Waals surface area contributed by atoms with Crippen LogP contribution in [0.4, 0.5) is 5.82 Å². The summed E-state index contributed by atoms with van der Waals surface area (Å²) in [6.45, 7) is 2.18. The predicted molar refractivity (Wildman–Crippen MR) is 115 cm³/mol. The number of benzene rings is 1. The molecule has 0 N–H and O–H groups in total. The van der Waals surface area contributed by atoms with Crippen LogP contribution in [-0.4, -0.2) is 38.1 Å². The number of anilines is 1. The molecule has 0 spiro atoms. The minimum atomic E-state index is -0.187. The summed E-state index contributed by atoms with van der Waals surface area (Å²) in [5.74, 6) is 3.66. The Kier molecular flexibility index (Phi) is 6.10. The van der Waals surface area contributed by atoms with Crippen LogP contribution in [0.25, 0.3) is 0 Å². The van der Waals surface area contributed by atoms with Crippen LogP contribution >= 0.6 is 23.1 Å². The van der Waals surface area contributed by atoms with Crippen molar-refractivity contribution in [3.63, 3.8) is 0 Å². The van der Waals surface area contributed by atoms with Gasteiger partial charge in [0.25, 0.3) is 0 Å². The summed E-state index contributed by atoms with van der Waals surface area (Å²) in [4.78, 5) is 19.8. The molecule has 0 amide bonds. The SMILES string of the molecule is COc1ccc(C(=O)c2ccc(CSc3nc(N4CCCC4)cs3)o2)cc1OC. The molecule has 8 heteroatoms. The first-order valence-corrected chi connectivity index (χ1v) is 11.2. The van der Waals surface area contributed by atoms with Gasteiger partial charge in [0.05, 0.1) is 20.0 Å². The second-order valence-corrected chi connectivity index (χ2v) is 8.70. The highest BCUT2D eigenvalue weighted by Crippen LogP contribution is 2.32. The molecule has 1 aliphatic heterocycles. The van der Waals surface area contributed by atoms with E-state index in [2.05, 4.69) is 10.3 Å². The minimum absolute atomic E-state index is 0.187. The fraction of sp³-hybridized carbons (Fsp3) is 0.333. The molecule has 0 bridgehead atoms. The van der Waals surface area contributed by atoms with Gasteiger partial charge >= 0.3 is 0 Å². The van der Waals surface area contributed by atoms with Gasteiger partial charge in [-0.05, 0) is 43.2 Å². The number of carbonyl (C=O) groups is 1. The molecule has 3 aromatic rings. The average molecular weight is 431 g/mol. The van der Waals surface area contributed by atoms with Crippen LogP contribution in [0.1, 0.15) is 34.7 Å². The zero-order valence-corrected chi connectivity index (χ0v) is 18.0. The van der Waals surface area contributed by atoms with E-state index in [4.69, 9.17) is 18.9 Å². The Morgan fingerprint density at radius 1 is 1.17 bits per heavy atom. The van der Waals surface area contributed by atoms with Crippen LogP contribution in [0.2, 0.25) is 0 Å². The van der Waals surface area contributed by atoms with E-state index in [0.29, 0.717) is 28.6 Å². The minimum Gasteiger partial charge on any atom is -0.493 e. The number of furan rings is 1. The zero-order valence-electron chi connectivity index (χ0n) is 16.3. The molecular formula is C21H22N2O4S2. The van der Waals surface area contributed by atoms with Crippen LogP contribution in [0.15, 0.2) is 44.5 Å². The van der Waals surface area contributed by atoms with Crippen LogP contribution < -0.4 is 14.4 Å². The van der Waals surface area contributed by atoms with Crippen LogP contribution in [0.5, 0.6) is 11.5 Å². The lowest BCUT2D eigenvalue weighted by Crippen LogP contribution is -2.17. The Bertz CT molecular complexity index is 992. The van der Waals surface area contributed by atoms with Gasteiger partial charge in [0, 0.05) is 24.0 Å². The molecule has 0 unspecified atom stereocenters. The summed E-state index contributed by atoms with van der Waals surface area (Å²) in [6, 6.07) is 8.64. The molecule has 4 rings (SSSR count). The zero-order chi connectivity index (χ0) is 20.2. The van der Waals surface area contributed by atoms with E-state index in [1.165, 1.54) is 12.8 Å². The van der Waals surface area contributed by atoms with Gasteiger partial charge < -0.3 is 18.8 Å². The molecule has 0 aliphatic carbocycles. The quantitative estimate of drug-likeness (QED) is 0.373. The highest BCUT2D eigenvalue weighted by molar-refractivity contribution is 8.00. The van der Waals surface area contributed by atoms with E-state index in [1.54, 1.807) is 61.6 Å². The highest BCUT2D eigenvalue weighted by Gasteiger charge is 2.18.